The lowest BCUT2D eigenvalue weighted by molar-refractivity contribution is -0.135. The summed E-state index contributed by atoms with van der Waals surface area (Å²) in [4.78, 5) is 26.3. The van der Waals surface area contributed by atoms with E-state index in [1.165, 1.54) is 4.57 Å². The first-order chi connectivity index (χ1) is 8.68. The van der Waals surface area contributed by atoms with Gasteiger partial charge in [-0.05, 0) is 19.1 Å². The summed E-state index contributed by atoms with van der Waals surface area (Å²) >= 11 is 0. The van der Waals surface area contributed by atoms with Gasteiger partial charge in [-0.3, -0.25) is 4.57 Å². The average molecular weight is 244 g/mol. The first kappa shape index (κ1) is 10.8. The van der Waals surface area contributed by atoms with Crippen molar-refractivity contribution in [3.8, 4) is 0 Å². The van der Waals surface area contributed by atoms with Crippen LogP contribution in [0.15, 0.2) is 34.6 Å². The van der Waals surface area contributed by atoms with Crippen molar-refractivity contribution < 1.29 is 9.53 Å². The fraction of sp³-hybridized carbons (Fsp3) is 0.231. The summed E-state index contributed by atoms with van der Waals surface area (Å²) in [6.45, 7) is 2.16. The summed E-state index contributed by atoms with van der Waals surface area (Å²) in [6.07, 6.45) is 0.552. The second-order valence-electron chi connectivity index (χ2n) is 4.23. The summed E-state index contributed by atoms with van der Waals surface area (Å²) in [6, 6.07) is 7.39. The summed E-state index contributed by atoms with van der Waals surface area (Å²) in [5, 5.41) is 0. The number of para-hydroxylation sites is 2. The molecular formula is C13H12N2O3. The van der Waals surface area contributed by atoms with Crippen molar-refractivity contribution >= 4 is 22.7 Å². The Morgan fingerprint density at radius 3 is 2.83 bits per heavy atom. The van der Waals surface area contributed by atoms with E-state index < -0.39 is 0 Å². The fourth-order valence-corrected chi connectivity index (χ4v) is 2.29. The number of nitrogens with zero attached hydrogens (tertiary/aromatic N) is 1. The standard InChI is InChI=1S/C13H12N2O3/c1-8(9-6-7-18-12(9)16)15-11-5-3-2-4-10(11)14-13(15)17/h2-5H,6-7H2,1H3,(H,14,17)/b9-8-. The number of imidazole rings is 1. The highest BCUT2D eigenvalue weighted by Gasteiger charge is 2.23. The van der Waals surface area contributed by atoms with Crippen LogP contribution in [0.4, 0.5) is 0 Å². The molecule has 0 saturated carbocycles. The number of benzene rings is 1. The van der Waals surface area contributed by atoms with E-state index >= 15 is 0 Å². The van der Waals surface area contributed by atoms with Gasteiger partial charge < -0.3 is 9.72 Å². The summed E-state index contributed by atoms with van der Waals surface area (Å²) < 4.78 is 6.44. The molecule has 1 N–H and O–H groups in total. The lowest BCUT2D eigenvalue weighted by atomic mass is 10.2. The number of cyclic esters (lactones) is 1. The molecule has 0 amide bonds. The van der Waals surface area contributed by atoms with Gasteiger partial charge in [0.2, 0.25) is 0 Å². The maximum atomic E-state index is 12.0. The zero-order chi connectivity index (χ0) is 12.7. The smallest absolute Gasteiger partial charge is 0.335 e. The number of nitrogens with one attached hydrogen (secondary N) is 1. The summed E-state index contributed by atoms with van der Waals surface area (Å²) in [7, 11) is 0. The number of ether oxygens (including phenoxy) is 1. The Morgan fingerprint density at radius 2 is 2.11 bits per heavy atom. The predicted octanol–water partition coefficient (Wildman–Crippen LogP) is 1.51. The van der Waals surface area contributed by atoms with Crippen LogP contribution in [-0.2, 0) is 9.53 Å². The number of hydrogen-bond donors (Lipinski definition) is 1. The minimum Gasteiger partial charge on any atom is -0.462 e. The number of allylic oxidation sites excluding steroid dienone is 1. The number of fused-ring (bicyclic) bond motifs is 1. The van der Waals surface area contributed by atoms with Gasteiger partial charge in [-0.1, -0.05) is 12.1 Å². The van der Waals surface area contributed by atoms with Crippen molar-refractivity contribution in [2.45, 2.75) is 13.3 Å². The van der Waals surface area contributed by atoms with Gasteiger partial charge in [0.1, 0.15) is 0 Å². The molecule has 5 heteroatoms. The fourth-order valence-electron chi connectivity index (χ4n) is 2.29. The molecule has 1 aliphatic rings. The second kappa shape index (κ2) is 3.87. The molecule has 0 bridgehead atoms. The maximum Gasteiger partial charge on any atom is 0.335 e. The number of rotatable bonds is 1. The third kappa shape index (κ3) is 1.48. The summed E-state index contributed by atoms with van der Waals surface area (Å²) in [5.41, 5.74) is 2.50. The summed E-state index contributed by atoms with van der Waals surface area (Å²) in [5.74, 6) is -0.329. The molecule has 2 aromatic rings. The highest BCUT2D eigenvalue weighted by Crippen LogP contribution is 2.22. The average Bonchev–Trinajstić information content (AvgIpc) is 2.91. The van der Waals surface area contributed by atoms with Crippen LogP contribution in [0.3, 0.4) is 0 Å². The largest absolute Gasteiger partial charge is 0.462 e. The van der Waals surface area contributed by atoms with Gasteiger partial charge in [-0.25, -0.2) is 9.59 Å². The van der Waals surface area contributed by atoms with Crippen molar-refractivity contribution in [3.05, 3.63) is 40.3 Å². The lowest BCUT2D eigenvalue weighted by Crippen LogP contribution is -2.16. The van der Waals surface area contributed by atoms with E-state index in [1.807, 2.05) is 24.3 Å². The van der Waals surface area contributed by atoms with Crippen LogP contribution >= 0.6 is 0 Å². The second-order valence-corrected chi connectivity index (χ2v) is 4.23. The van der Waals surface area contributed by atoms with Crippen LogP contribution in [0, 0.1) is 0 Å². The van der Waals surface area contributed by atoms with E-state index in [2.05, 4.69) is 4.98 Å². The lowest BCUT2D eigenvalue weighted by Gasteiger charge is -2.05. The van der Waals surface area contributed by atoms with Crippen LogP contribution in [0.25, 0.3) is 16.7 Å². The molecule has 1 aromatic heterocycles. The van der Waals surface area contributed by atoms with E-state index in [9.17, 15) is 9.59 Å². The van der Waals surface area contributed by atoms with Gasteiger partial charge in [0.15, 0.2) is 0 Å². The van der Waals surface area contributed by atoms with Gasteiger partial charge in [0.25, 0.3) is 0 Å². The number of aromatic nitrogens is 2. The molecule has 3 rings (SSSR count). The molecule has 0 spiro atoms. The Bertz CT molecular complexity index is 721. The van der Waals surface area contributed by atoms with E-state index in [1.54, 1.807) is 6.92 Å². The molecule has 1 aromatic carbocycles. The molecule has 0 radical (unpaired) electrons. The first-order valence-electron chi connectivity index (χ1n) is 5.75. The monoisotopic (exact) mass is 244 g/mol. The van der Waals surface area contributed by atoms with E-state index in [0.29, 0.717) is 24.3 Å². The van der Waals surface area contributed by atoms with Crippen LogP contribution in [0.5, 0.6) is 0 Å². The Morgan fingerprint density at radius 1 is 1.33 bits per heavy atom. The zero-order valence-electron chi connectivity index (χ0n) is 9.90. The third-order valence-electron chi connectivity index (χ3n) is 3.19. The Kier molecular flexibility index (Phi) is 2.33. The molecule has 0 unspecified atom stereocenters. The molecule has 18 heavy (non-hydrogen) atoms. The van der Waals surface area contributed by atoms with Crippen molar-refractivity contribution in [3.63, 3.8) is 0 Å². The molecule has 92 valence electrons. The number of esters is 1. The first-order valence-corrected chi connectivity index (χ1v) is 5.75. The Labute approximate surface area is 103 Å². The molecule has 0 atom stereocenters. The highest BCUT2D eigenvalue weighted by atomic mass is 16.5. The van der Waals surface area contributed by atoms with E-state index in [4.69, 9.17) is 4.74 Å². The quantitative estimate of drug-likeness (QED) is 0.611. The molecule has 1 saturated heterocycles. The number of hydrogen-bond acceptors (Lipinski definition) is 3. The molecule has 5 nitrogen and oxygen atoms in total. The SMILES string of the molecule is C/C(=C1\CCOC1=O)n1c(=O)[nH]c2ccccc21. The third-order valence-corrected chi connectivity index (χ3v) is 3.19. The van der Waals surface area contributed by atoms with Crippen LogP contribution in [0.1, 0.15) is 13.3 Å². The van der Waals surface area contributed by atoms with Gasteiger partial charge in [0, 0.05) is 12.1 Å². The van der Waals surface area contributed by atoms with Crippen molar-refractivity contribution in [2.24, 2.45) is 0 Å². The Hall–Kier alpha value is -2.30. The molecule has 1 fully saturated rings. The van der Waals surface area contributed by atoms with Crippen LogP contribution < -0.4 is 5.69 Å². The predicted molar refractivity (Wildman–Crippen MR) is 67.0 cm³/mol. The number of carbonyl (C=O) groups is 1. The molecule has 2 heterocycles. The molecule has 1 aliphatic heterocycles. The molecular weight excluding hydrogens is 232 g/mol. The van der Waals surface area contributed by atoms with Crippen molar-refractivity contribution in [1.82, 2.24) is 9.55 Å². The zero-order valence-corrected chi connectivity index (χ0v) is 9.90. The van der Waals surface area contributed by atoms with Crippen LogP contribution in [0.2, 0.25) is 0 Å². The van der Waals surface area contributed by atoms with Crippen molar-refractivity contribution in [1.29, 1.82) is 0 Å². The molecule has 0 aliphatic carbocycles. The van der Waals surface area contributed by atoms with Gasteiger partial charge in [-0.15, -0.1) is 0 Å². The topological polar surface area (TPSA) is 64.1 Å². The van der Waals surface area contributed by atoms with Crippen molar-refractivity contribution in [2.75, 3.05) is 6.61 Å². The van der Waals surface area contributed by atoms with Crippen LogP contribution in [-0.4, -0.2) is 22.1 Å². The van der Waals surface area contributed by atoms with Gasteiger partial charge in [-0.2, -0.15) is 0 Å². The normalized spacial score (nSPS) is 18.2. The Balaban J connectivity index is 2.29. The number of H-pyrrole nitrogens is 1. The maximum absolute atomic E-state index is 12.0. The minimum absolute atomic E-state index is 0.235. The number of aromatic amines is 1. The van der Waals surface area contributed by atoms with E-state index in [0.717, 1.165) is 11.0 Å². The van der Waals surface area contributed by atoms with Gasteiger partial charge in [0.05, 0.1) is 23.2 Å². The minimum atomic E-state index is -0.329. The highest BCUT2D eigenvalue weighted by molar-refractivity contribution is 5.97. The number of carbonyl (C=O) groups excluding carboxylic acids is 1. The van der Waals surface area contributed by atoms with E-state index in [-0.39, 0.29) is 11.7 Å². The van der Waals surface area contributed by atoms with Gasteiger partial charge >= 0.3 is 11.7 Å².